The van der Waals surface area contributed by atoms with Crippen molar-refractivity contribution >= 4 is 0 Å². The standard InChI is InChI=1S/C14H24N2/c15-11-10-14(8-9-14)12-16-13-6-4-2-1-3-5-7-13/h13,16H,1-10,12H2. The minimum absolute atomic E-state index is 0.372. The van der Waals surface area contributed by atoms with Crippen LogP contribution in [0.2, 0.25) is 0 Å². The van der Waals surface area contributed by atoms with Crippen molar-refractivity contribution in [1.82, 2.24) is 5.32 Å². The van der Waals surface area contributed by atoms with E-state index in [0.29, 0.717) is 5.41 Å². The van der Waals surface area contributed by atoms with E-state index in [-0.39, 0.29) is 0 Å². The minimum Gasteiger partial charge on any atom is -0.313 e. The molecule has 0 unspecified atom stereocenters. The molecule has 0 heterocycles. The molecule has 2 fully saturated rings. The number of rotatable bonds is 4. The SMILES string of the molecule is N#CCC1(CNC2CCCCCCC2)CC1. The Morgan fingerprint density at radius 2 is 1.69 bits per heavy atom. The van der Waals surface area contributed by atoms with Gasteiger partial charge in [-0.1, -0.05) is 32.1 Å². The van der Waals surface area contributed by atoms with Crippen molar-refractivity contribution in [3.05, 3.63) is 0 Å². The average Bonchev–Trinajstić information content (AvgIpc) is 2.97. The van der Waals surface area contributed by atoms with E-state index in [1.54, 1.807) is 0 Å². The van der Waals surface area contributed by atoms with Crippen molar-refractivity contribution in [3.63, 3.8) is 0 Å². The first-order valence-electron chi connectivity index (χ1n) is 6.95. The van der Waals surface area contributed by atoms with Crippen molar-refractivity contribution < 1.29 is 0 Å². The number of nitrogens with zero attached hydrogens (tertiary/aromatic N) is 1. The molecule has 2 rings (SSSR count). The summed E-state index contributed by atoms with van der Waals surface area (Å²) in [6, 6.07) is 3.07. The summed E-state index contributed by atoms with van der Waals surface area (Å²) in [4.78, 5) is 0. The van der Waals surface area contributed by atoms with Crippen LogP contribution < -0.4 is 5.32 Å². The summed E-state index contributed by atoms with van der Waals surface area (Å²) in [7, 11) is 0. The van der Waals surface area contributed by atoms with Gasteiger partial charge in [-0.05, 0) is 31.1 Å². The van der Waals surface area contributed by atoms with Crippen molar-refractivity contribution in [2.75, 3.05) is 6.54 Å². The van der Waals surface area contributed by atoms with Crippen molar-refractivity contribution in [2.24, 2.45) is 5.41 Å². The molecule has 2 saturated carbocycles. The molecule has 2 nitrogen and oxygen atoms in total. The fraction of sp³-hybridized carbons (Fsp3) is 0.929. The van der Waals surface area contributed by atoms with Gasteiger partial charge in [0.15, 0.2) is 0 Å². The third-order valence-corrected chi connectivity index (χ3v) is 4.28. The predicted octanol–water partition coefficient (Wildman–Crippen LogP) is 3.38. The van der Waals surface area contributed by atoms with Gasteiger partial charge in [-0.25, -0.2) is 0 Å². The van der Waals surface area contributed by atoms with Gasteiger partial charge in [-0.2, -0.15) is 5.26 Å². The van der Waals surface area contributed by atoms with Gasteiger partial charge in [0, 0.05) is 19.0 Å². The Morgan fingerprint density at radius 3 is 2.25 bits per heavy atom. The molecule has 0 atom stereocenters. The Bertz CT molecular complexity index is 242. The van der Waals surface area contributed by atoms with Gasteiger partial charge in [0.25, 0.3) is 0 Å². The van der Waals surface area contributed by atoms with E-state index in [2.05, 4.69) is 11.4 Å². The molecule has 2 aliphatic rings. The molecular weight excluding hydrogens is 196 g/mol. The number of nitrogens with one attached hydrogen (secondary N) is 1. The lowest BCUT2D eigenvalue weighted by atomic mass is 9.95. The third kappa shape index (κ3) is 3.49. The second-order valence-electron chi connectivity index (χ2n) is 5.76. The third-order valence-electron chi connectivity index (χ3n) is 4.28. The minimum atomic E-state index is 0.372. The molecule has 0 aromatic carbocycles. The van der Waals surface area contributed by atoms with Gasteiger partial charge < -0.3 is 5.32 Å². The maximum absolute atomic E-state index is 8.78. The highest BCUT2D eigenvalue weighted by Gasteiger charge is 2.42. The molecule has 0 saturated heterocycles. The second kappa shape index (κ2) is 5.68. The van der Waals surface area contributed by atoms with Gasteiger partial charge in [-0.15, -0.1) is 0 Å². The summed E-state index contributed by atoms with van der Waals surface area (Å²) < 4.78 is 0. The molecule has 0 radical (unpaired) electrons. The molecule has 0 aromatic rings. The van der Waals surface area contributed by atoms with E-state index in [0.717, 1.165) is 19.0 Å². The number of hydrogen-bond donors (Lipinski definition) is 1. The number of nitriles is 1. The van der Waals surface area contributed by atoms with E-state index in [4.69, 9.17) is 5.26 Å². The maximum atomic E-state index is 8.78. The van der Waals surface area contributed by atoms with Crippen LogP contribution in [0.5, 0.6) is 0 Å². The van der Waals surface area contributed by atoms with Crippen molar-refractivity contribution in [3.8, 4) is 6.07 Å². The average molecular weight is 220 g/mol. The normalized spacial score (nSPS) is 25.4. The highest BCUT2D eigenvalue weighted by molar-refractivity contribution is 5.01. The van der Waals surface area contributed by atoms with E-state index in [9.17, 15) is 0 Å². The Kier molecular flexibility index (Phi) is 4.23. The topological polar surface area (TPSA) is 35.8 Å². The first-order chi connectivity index (χ1) is 7.85. The van der Waals surface area contributed by atoms with Crippen LogP contribution in [0.15, 0.2) is 0 Å². The quantitative estimate of drug-likeness (QED) is 0.788. The summed E-state index contributed by atoms with van der Waals surface area (Å²) in [5, 5.41) is 12.5. The first kappa shape index (κ1) is 11.9. The second-order valence-corrected chi connectivity index (χ2v) is 5.76. The Balaban J connectivity index is 1.70. The predicted molar refractivity (Wildman–Crippen MR) is 66.0 cm³/mol. The fourth-order valence-electron chi connectivity index (χ4n) is 2.78. The lowest BCUT2D eigenvalue weighted by Gasteiger charge is -2.23. The smallest absolute Gasteiger partial charge is 0.0628 e. The van der Waals surface area contributed by atoms with Crippen molar-refractivity contribution in [1.29, 1.82) is 5.26 Å². The Labute approximate surface area is 99.4 Å². The van der Waals surface area contributed by atoms with Crippen molar-refractivity contribution in [2.45, 2.75) is 70.3 Å². The zero-order valence-electron chi connectivity index (χ0n) is 10.3. The summed E-state index contributed by atoms with van der Waals surface area (Å²) in [5.74, 6) is 0. The van der Waals surface area contributed by atoms with Crippen LogP contribution in [-0.2, 0) is 0 Å². The summed E-state index contributed by atoms with van der Waals surface area (Å²) in [6.07, 6.45) is 13.0. The van der Waals surface area contributed by atoms with Crippen LogP contribution in [0, 0.1) is 16.7 Å². The molecule has 2 heteroatoms. The molecule has 16 heavy (non-hydrogen) atoms. The first-order valence-corrected chi connectivity index (χ1v) is 6.95. The molecule has 0 aliphatic heterocycles. The summed E-state index contributed by atoms with van der Waals surface area (Å²) >= 11 is 0. The van der Waals surface area contributed by atoms with Crippen LogP contribution in [-0.4, -0.2) is 12.6 Å². The lowest BCUT2D eigenvalue weighted by molar-refractivity contribution is 0.353. The van der Waals surface area contributed by atoms with E-state index >= 15 is 0 Å². The lowest BCUT2D eigenvalue weighted by Crippen LogP contribution is -2.34. The zero-order chi connectivity index (χ0) is 11.3. The summed E-state index contributed by atoms with van der Waals surface area (Å²) in [6.45, 7) is 1.09. The maximum Gasteiger partial charge on any atom is 0.0628 e. The van der Waals surface area contributed by atoms with Gasteiger partial charge in [0.05, 0.1) is 6.07 Å². The van der Waals surface area contributed by atoms with Crippen LogP contribution in [0.4, 0.5) is 0 Å². The highest BCUT2D eigenvalue weighted by Crippen LogP contribution is 2.48. The van der Waals surface area contributed by atoms with Gasteiger partial charge in [-0.3, -0.25) is 0 Å². The molecule has 2 aliphatic carbocycles. The Morgan fingerprint density at radius 1 is 1.06 bits per heavy atom. The highest BCUT2D eigenvalue weighted by atomic mass is 14.9. The molecule has 0 aromatic heterocycles. The molecule has 1 N–H and O–H groups in total. The van der Waals surface area contributed by atoms with Crippen LogP contribution in [0.3, 0.4) is 0 Å². The zero-order valence-corrected chi connectivity index (χ0v) is 10.3. The Hall–Kier alpha value is -0.550. The van der Waals surface area contributed by atoms with Gasteiger partial charge >= 0.3 is 0 Å². The van der Waals surface area contributed by atoms with Gasteiger partial charge in [0.1, 0.15) is 0 Å². The van der Waals surface area contributed by atoms with Crippen LogP contribution >= 0.6 is 0 Å². The van der Waals surface area contributed by atoms with E-state index < -0.39 is 0 Å². The van der Waals surface area contributed by atoms with Crippen LogP contribution in [0.1, 0.15) is 64.2 Å². The molecule has 0 spiro atoms. The molecular formula is C14H24N2. The summed E-state index contributed by atoms with van der Waals surface area (Å²) in [5.41, 5.74) is 0.372. The largest absolute Gasteiger partial charge is 0.313 e. The van der Waals surface area contributed by atoms with E-state index in [1.807, 2.05) is 0 Å². The molecule has 90 valence electrons. The van der Waals surface area contributed by atoms with E-state index in [1.165, 1.54) is 57.8 Å². The van der Waals surface area contributed by atoms with Crippen LogP contribution in [0.25, 0.3) is 0 Å². The monoisotopic (exact) mass is 220 g/mol. The molecule has 0 bridgehead atoms. The molecule has 0 amide bonds. The fourth-order valence-corrected chi connectivity index (χ4v) is 2.78. The van der Waals surface area contributed by atoms with Gasteiger partial charge in [0.2, 0.25) is 0 Å². The number of hydrogen-bond acceptors (Lipinski definition) is 2.